The van der Waals surface area contributed by atoms with Crippen LogP contribution in [0.2, 0.25) is 0 Å². The fourth-order valence-electron chi connectivity index (χ4n) is 2.28. The van der Waals surface area contributed by atoms with E-state index in [0.717, 1.165) is 29.4 Å². The molecule has 4 heteroatoms. The number of anilines is 1. The third kappa shape index (κ3) is 3.73. The highest BCUT2D eigenvalue weighted by atomic mass is 79.9. The largest absolute Gasteiger partial charge is 0.446 e. The molecule has 1 fully saturated rings. The Morgan fingerprint density at radius 3 is 2.61 bits per heavy atom. The molecular weight excluding hydrogens is 294 g/mol. The number of hydrogen-bond acceptors (Lipinski definition) is 2. The van der Waals surface area contributed by atoms with Gasteiger partial charge in [-0.05, 0) is 49.4 Å². The molecule has 1 aliphatic carbocycles. The summed E-state index contributed by atoms with van der Waals surface area (Å²) in [5, 5.41) is 2.75. The molecule has 2 rings (SSSR count). The molecule has 1 aromatic carbocycles. The average molecular weight is 312 g/mol. The number of benzene rings is 1. The molecule has 1 N–H and O–H groups in total. The summed E-state index contributed by atoms with van der Waals surface area (Å²) in [5.74, 6) is 0.467. The van der Waals surface area contributed by atoms with E-state index in [0.29, 0.717) is 5.92 Å². The van der Waals surface area contributed by atoms with Crippen LogP contribution in [0.25, 0.3) is 0 Å². The number of carbonyl (C=O) groups is 1. The van der Waals surface area contributed by atoms with Crippen LogP contribution in [0.3, 0.4) is 0 Å². The van der Waals surface area contributed by atoms with Gasteiger partial charge >= 0.3 is 6.09 Å². The summed E-state index contributed by atoms with van der Waals surface area (Å²) in [4.78, 5) is 11.8. The highest BCUT2D eigenvalue weighted by Crippen LogP contribution is 2.26. The molecule has 98 valence electrons. The van der Waals surface area contributed by atoms with Gasteiger partial charge in [-0.3, -0.25) is 5.32 Å². The van der Waals surface area contributed by atoms with Crippen molar-refractivity contribution in [3.8, 4) is 0 Å². The molecule has 18 heavy (non-hydrogen) atoms. The van der Waals surface area contributed by atoms with E-state index in [2.05, 4.69) is 28.2 Å². The Morgan fingerprint density at radius 1 is 1.28 bits per heavy atom. The minimum absolute atomic E-state index is 0.0641. The van der Waals surface area contributed by atoms with E-state index in [4.69, 9.17) is 4.74 Å². The number of halogens is 1. The van der Waals surface area contributed by atoms with Crippen molar-refractivity contribution < 1.29 is 9.53 Å². The van der Waals surface area contributed by atoms with Crippen molar-refractivity contribution in [2.24, 2.45) is 5.92 Å². The van der Waals surface area contributed by atoms with Crippen molar-refractivity contribution in [2.45, 2.75) is 38.7 Å². The molecular formula is C14H18BrNO2. The normalized spacial score (nSPS) is 23.4. The van der Waals surface area contributed by atoms with E-state index in [1.54, 1.807) is 0 Å². The Balaban J connectivity index is 1.86. The van der Waals surface area contributed by atoms with Crippen LogP contribution in [-0.2, 0) is 4.74 Å². The van der Waals surface area contributed by atoms with Gasteiger partial charge in [0.2, 0.25) is 0 Å². The topological polar surface area (TPSA) is 38.3 Å². The van der Waals surface area contributed by atoms with E-state index in [9.17, 15) is 4.79 Å². The summed E-state index contributed by atoms with van der Waals surface area (Å²) in [6.07, 6.45) is 4.24. The highest BCUT2D eigenvalue weighted by Gasteiger charge is 2.24. The summed E-state index contributed by atoms with van der Waals surface area (Å²) < 4.78 is 6.46. The van der Waals surface area contributed by atoms with Crippen LogP contribution in [0.15, 0.2) is 28.7 Å². The van der Waals surface area contributed by atoms with Crippen molar-refractivity contribution >= 4 is 27.7 Å². The van der Waals surface area contributed by atoms with Crippen molar-refractivity contribution in [1.29, 1.82) is 0 Å². The van der Waals surface area contributed by atoms with Crippen LogP contribution < -0.4 is 5.32 Å². The van der Waals surface area contributed by atoms with Crippen LogP contribution in [0.4, 0.5) is 10.5 Å². The fourth-order valence-corrected chi connectivity index (χ4v) is 2.54. The van der Waals surface area contributed by atoms with Gasteiger partial charge in [-0.2, -0.15) is 0 Å². The predicted octanol–water partition coefficient (Wildman–Crippen LogP) is 4.58. The maximum absolute atomic E-state index is 11.8. The maximum atomic E-state index is 11.8. The van der Waals surface area contributed by atoms with Gasteiger partial charge in [0.1, 0.15) is 6.10 Å². The zero-order chi connectivity index (χ0) is 13.0. The molecule has 2 atom stereocenters. The van der Waals surface area contributed by atoms with E-state index in [-0.39, 0.29) is 12.2 Å². The van der Waals surface area contributed by atoms with Crippen LogP contribution in [0.1, 0.15) is 32.6 Å². The van der Waals surface area contributed by atoms with E-state index < -0.39 is 0 Å². The Bertz CT molecular complexity index is 405. The van der Waals surface area contributed by atoms with Crippen LogP contribution in [-0.4, -0.2) is 12.2 Å². The Hall–Kier alpha value is -1.03. The number of carbonyl (C=O) groups excluding carboxylic acids is 1. The standard InChI is InChI=1S/C14H18BrNO2/c1-10-4-2-3-5-13(10)18-14(17)16-12-8-6-11(15)7-9-12/h6-10,13H,2-5H2,1H3,(H,16,17)/t10-,13-/m0/s1. The lowest BCUT2D eigenvalue weighted by Crippen LogP contribution is -2.30. The fraction of sp³-hybridized carbons (Fsp3) is 0.500. The molecule has 0 heterocycles. The van der Waals surface area contributed by atoms with Gasteiger partial charge in [0.05, 0.1) is 0 Å². The molecule has 0 radical (unpaired) electrons. The van der Waals surface area contributed by atoms with Gasteiger partial charge in [-0.25, -0.2) is 4.79 Å². The molecule has 0 saturated heterocycles. The molecule has 0 aliphatic heterocycles. The van der Waals surface area contributed by atoms with Gasteiger partial charge in [0.25, 0.3) is 0 Å². The van der Waals surface area contributed by atoms with Crippen molar-refractivity contribution in [3.05, 3.63) is 28.7 Å². The first-order valence-electron chi connectivity index (χ1n) is 6.38. The Morgan fingerprint density at radius 2 is 1.94 bits per heavy atom. The number of rotatable bonds is 2. The third-order valence-corrected chi connectivity index (χ3v) is 3.91. The summed E-state index contributed by atoms with van der Waals surface area (Å²) in [7, 11) is 0. The predicted molar refractivity (Wildman–Crippen MR) is 75.7 cm³/mol. The quantitative estimate of drug-likeness (QED) is 0.868. The molecule has 0 unspecified atom stereocenters. The van der Waals surface area contributed by atoms with Gasteiger partial charge in [0, 0.05) is 10.2 Å². The molecule has 1 amide bonds. The SMILES string of the molecule is C[C@H]1CCCC[C@@H]1OC(=O)Nc1ccc(Br)cc1. The minimum Gasteiger partial charge on any atom is -0.446 e. The number of ether oxygens (including phenoxy) is 1. The summed E-state index contributed by atoms with van der Waals surface area (Å²) >= 11 is 3.36. The average Bonchev–Trinajstić information content (AvgIpc) is 2.35. The number of amides is 1. The van der Waals surface area contributed by atoms with Gasteiger partial charge < -0.3 is 4.74 Å². The molecule has 1 aromatic rings. The second-order valence-electron chi connectivity index (χ2n) is 4.84. The second-order valence-corrected chi connectivity index (χ2v) is 5.75. The first-order chi connectivity index (χ1) is 8.65. The lowest BCUT2D eigenvalue weighted by molar-refractivity contribution is 0.0524. The first kappa shape index (κ1) is 13.4. The molecule has 1 saturated carbocycles. The first-order valence-corrected chi connectivity index (χ1v) is 7.17. The highest BCUT2D eigenvalue weighted by molar-refractivity contribution is 9.10. The van der Waals surface area contributed by atoms with Crippen LogP contribution in [0.5, 0.6) is 0 Å². The Labute approximate surface area is 116 Å². The Kier molecular flexibility index (Phi) is 4.64. The summed E-state index contributed by atoms with van der Waals surface area (Å²) in [5.41, 5.74) is 0.756. The molecule has 0 aromatic heterocycles. The molecule has 3 nitrogen and oxygen atoms in total. The van der Waals surface area contributed by atoms with E-state index >= 15 is 0 Å². The van der Waals surface area contributed by atoms with Crippen molar-refractivity contribution in [1.82, 2.24) is 0 Å². The summed E-state index contributed by atoms with van der Waals surface area (Å²) in [6.45, 7) is 2.15. The summed E-state index contributed by atoms with van der Waals surface area (Å²) in [6, 6.07) is 7.46. The van der Waals surface area contributed by atoms with Crippen molar-refractivity contribution in [3.63, 3.8) is 0 Å². The zero-order valence-electron chi connectivity index (χ0n) is 10.5. The third-order valence-electron chi connectivity index (χ3n) is 3.38. The molecule has 1 aliphatic rings. The zero-order valence-corrected chi connectivity index (χ0v) is 12.1. The van der Waals surface area contributed by atoms with Gasteiger partial charge in [-0.1, -0.05) is 29.3 Å². The maximum Gasteiger partial charge on any atom is 0.411 e. The minimum atomic E-state index is -0.351. The second kappa shape index (κ2) is 6.23. The van der Waals surface area contributed by atoms with Crippen molar-refractivity contribution in [2.75, 3.05) is 5.32 Å². The lowest BCUT2D eigenvalue weighted by atomic mass is 9.88. The smallest absolute Gasteiger partial charge is 0.411 e. The van der Waals surface area contributed by atoms with Crippen LogP contribution in [0, 0.1) is 5.92 Å². The monoisotopic (exact) mass is 311 g/mol. The molecule has 0 bridgehead atoms. The number of hydrogen-bond donors (Lipinski definition) is 1. The van der Waals surface area contributed by atoms with Gasteiger partial charge in [-0.15, -0.1) is 0 Å². The van der Waals surface area contributed by atoms with E-state index in [1.165, 1.54) is 6.42 Å². The van der Waals surface area contributed by atoms with Crippen LogP contribution >= 0.6 is 15.9 Å². The molecule has 0 spiro atoms. The number of nitrogens with one attached hydrogen (secondary N) is 1. The lowest BCUT2D eigenvalue weighted by Gasteiger charge is -2.28. The van der Waals surface area contributed by atoms with Gasteiger partial charge in [0.15, 0.2) is 0 Å². The van der Waals surface area contributed by atoms with E-state index in [1.807, 2.05) is 24.3 Å².